The van der Waals surface area contributed by atoms with Gasteiger partial charge in [0.2, 0.25) is 5.75 Å². The molecule has 10 aromatic rings. The molecule has 708 valence electrons. The molecular weight excluding hydrogens is 1860 g/mol. The molecule has 5 amide bonds. The van der Waals surface area contributed by atoms with Crippen LogP contribution in [0.1, 0.15) is 217 Å². The number of methoxy groups -OCH3 is 2. The Hall–Kier alpha value is -14.4. The Bertz CT molecular complexity index is 6030. The van der Waals surface area contributed by atoms with Crippen molar-refractivity contribution in [3.8, 4) is 47.6 Å². The smallest absolute Gasteiger partial charge is 0.416 e. The summed E-state index contributed by atoms with van der Waals surface area (Å²) >= 11 is 20.9. The minimum absolute atomic E-state index is 0.0235. The number of nitriles is 5. The van der Waals surface area contributed by atoms with Crippen LogP contribution in [0.15, 0.2) is 275 Å². The Morgan fingerprint density at radius 2 is 0.737 bits per heavy atom. The van der Waals surface area contributed by atoms with E-state index in [1.807, 2.05) is 196 Å². The van der Waals surface area contributed by atoms with E-state index in [0.29, 0.717) is 37.9 Å². The van der Waals surface area contributed by atoms with Crippen molar-refractivity contribution in [3.63, 3.8) is 0 Å². The molecule has 0 bridgehead atoms. The molecule has 1 aliphatic rings. The summed E-state index contributed by atoms with van der Waals surface area (Å²) in [4.78, 5) is 81.1. The SMILES string of the molecule is CCC[C@H](NC(=O)/C(C#N)=C/c1cc(Cl)cc(C(F)(F)F)c1)c1ccccc1.CCC[C@H](NC(=O)/C(C#N)=C/c1cc(OC)c(OC(C)=O)c(OC)c1)c1ccccc1.CCC[C@H](NC(=O)/C(C#N)=C/c1ccc(Cl)c(Cl)c1)c1ccccc1.CCC[C@H](NC(=O)/C(C#N)=C/c1ccc(N2CCCCC2)cc1)c1ccccc1.CCC[C@H](NC(=O)/C(C#N)=C/c1cccc(Br)n1)c1ccccc1. The van der Waals surface area contributed by atoms with Crippen LogP contribution < -0.4 is 45.7 Å². The third-order valence-corrected chi connectivity index (χ3v) is 22.5. The number of anilines is 1. The number of halogens is 7. The van der Waals surface area contributed by atoms with Crippen molar-refractivity contribution in [2.75, 3.05) is 32.2 Å². The second-order valence-corrected chi connectivity index (χ2v) is 33.4. The van der Waals surface area contributed by atoms with E-state index in [4.69, 9.17) is 49.0 Å². The van der Waals surface area contributed by atoms with Gasteiger partial charge in [0.1, 0.15) is 62.8 Å². The van der Waals surface area contributed by atoms with Gasteiger partial charge in [0, 0.05) is 30.7 Å². The number of carbonyl (C=O) groups is 6. The number of hydrogen-bond donors (Lipinski definition) is 5. The van der Waals surface area contributed by atoms with E-state index in [2.05, 4.69) is 91.4 Å². The van der Waals surface area contributed by atoms with E-state index in [1.54, 1.807) is 60.7 Å². The topological polar surface area (TPSA) is 325 Å². The average molecular weight is 1970 g/mol. The van der Waals surface area contributed by atoms with E-state index < -0.39 is 35.4 Å². The first-order chi connectivity index (χ1) is 66.1. The standard InChI is InChI=1S/C25H29N3O.C24H26N2O5.C21H18ClF3N2O.C20H18Cl2N2O.C19H18BrN3O/c1-2-9-24(21-10-5-3-6-11-21)27-25(29)22(19-26)18-20-12-14-23(15-13-20)28-16-7-4-8-17-28;1-5-9-20(18-10-7-6-8-11-18)26-24(28)19(15-25)12-17-13-21(29-3)23(31-16(2)27)22(14-17)30-4;1-2-6-19(15-7-4-3-5-8-15)27-20(28)16(13-26)9-14-10-17(21(23,24)25)12-18(22)11-14;1-2-6-19(15-7-4-3-5-8-15)24-20(25)16(13-23)11-14-9-10-17(21)18(22)12-14;1-2-7-17(14-8-4-3-5-9-14)23-19(24)15(13-21)12-16-10-6-11-18(20)22-16/h3,5-6,10-15,18,24H,2,4,7-9,16-17H2,1H3,(H,27,29);6-8,10-14,20H,5,9H2,1-4H3,(H,26,28);3-5,7-12,19H,2,6H2,1H3,(H,27,28);3-5,7-12,19H,2,6H2,1H3,(H,24,25);3-6,8-12,17H,2,7H2,1H3,(H,23,24)/b22-18+;19-12+;16-9+;16-11+;15-12+/t24-;20-;2*19-;17-/m00000/s1. The third kappa shape index (κ3) is 36.8. The molecule has 0 radical (unpaired) electrons. The molecule has 0 saturated carbocycles. The highest BCUT2D eigenvalue weighted by molar-refractivity contribution is 9.10. The second kappa shape index (κ2) is 58.7. The highest BCUT2D eigenvalue weighted by atomic mass is 79.9. The molecule has 1 saturated heterocycles. The van der Waals surface area contributed by atoms with Crippen molar-refractivity contribution in [2.45, 2.75) is 161 Å². The number of nitrogens with one attached hydrogen (secondary N) is 5. The molecule has 1 aliphatic heterocycles. The van der Waals surface area contributed by atoms with Crippen LogP contribution in [-0.2, 0) is 34.9 Å². The highest BCUT2D eigenvalue weighted by Crippen LogP contribution is 2.40. The van der Waals surface area contributed by atoms with Gasteiger partial charge in [-0.3, -0.25) is 28.8 Å². The first-order valence-electron chi connectivity index (χ1n) is 44.7. The summed E-state index contributed by atoms with van der Waals surface area (Å²) < 4.78 is 55.2. The normalized spacial score (nSPS) is 13.0. The molecule has 0 spiro atoms. The van der Waals surface area contributed by atoms with Crippen molar-refractivity contribution in [1.82, 2.24) is 31.6 Å². The van der Waals surface area contributed by atoms with Crippen molar-refractivity contribution in [1.29, 1.82) is 26.3 Å². The fourth-order valence-electron chi connectivity index (χ4n) is 14.3. The number of rotatable bonds is 34. The van der Waals surface area contributed by atoms with Gasteiger partial charge in [-0.2, -0.15) is 39.5 Å². The summed E-state index contributed by atoms with van der Waals surface area (Å²) in [7, 11) is 2.84. The molecule has 1 fully saturated rings. The van der Waals surface area contributed by atoms with Crippen molar-refractivity contribution >= 4 is 122 Å². The molecule has 21 nitrogen and oxygen atoms in total. The number of piperidine rings is 1. The highest BCUT2D eigenvalue weighted by Gasteiger charge is 2.32. The van der Waals surface area contributed by atoms with Crippen LogP contribution in [0.3, 0.4) is 0 Å². The lowest BCUT2D eigenvalue weighted by atomic mass is 10.0. The predicted molar refractivity (Wildman–Crippen MR) is 537 cm³/mol. The van der Waals surface area contributed by atoms with E-state index in [1.165, 1.54) is 70.4 Å². The number of aromatic nitrogens is 1. The van der Waals surface area contributed by atoms with Gasteiger partial charge in [0.25, 0.3) is 29.5 Å². The van der Waals surface area contributed by atoms with Crippen molar-refractivity contribution < 1.29 is 56.1 Å². The maximum absolute atomic E-state index is 12.9. The zero-order valence-corrected chi connectivity index (χ0v) is 81.3. The Kier molecular flexibility index (Phi) is 47.0. The summed E-state index contributed by atoms with van der Waals surface area (Å²) in [5.41, 5.74) is 7.65. The van der Waals surface area contributed by atoms with Crippen molar-refractivity contribution in [2.24, 2.45) is 0 Å². The van der Waals surface area contributed by atoms with Gasteiger partial charge in [-0.15, -0.1) is 0 Å². The lowest BCUT2D eigenvalue weighted by Gasteiger charge is -2.28. The molecule has 0 aliphatic carbocycles. The third-order valence-electron chi connectivity index (χ3n) is 21.1. The second-order valence-electron chi connectivity index (χ2n) is 31.3. The molecule has 137 heavy (non-hydrogen) atoms. The zero-order chi connectivity index (χ0) is 99.6. The lowest BCUT2D eigenvalue weighted by Crippen LogP contribution is -2.29. The molecule has 1 aromatic heterocycles. The van der Waals surface area contributed by atoms with Gasteiger partial charge in [-0.25, -0.2) is 4.98 Å². The van der Waals surface area contributed by atoms with Crippen LogP contribution in [-0.4, -0.2) is 67.8 Å². The van der Waals surface area contributed by atoms with Crippen LogP contribution in [0.5, 0.6) is 17.2 Å². The number of ether oxygens (including phenoxy) is 3. The fraction of sp³-hybridized carbons (Fsp3) is 0.266. The summed E-state index contributed by atoms with van der Waals surface area (Å²) in [5, 5.41) is 62.5. The summed E-state index contributed by atoms with van der Waals surface area (Å²) in [6, 6.07) is 81.6. The van der Waals surface area contributed by atoms with E-state index >= 15 is 0 Å². The summed E-state index contributed by atoms with van der Waals surface area (Å²) in [6.45, 7) is 13.7. The first-order valence-corrected chi connectivity index (χ1v) is 46.6. The maximum Gasteiger partial charge on any atom is 0.416 e. The first kappa shape index (κ1) is 110. The van der Waals surface area contributed by atoms with Gasteiger partial charge in [0.05, 0.1) is 65.7 Å². The van der Waals surface area contributed by atoms with Crippen LogP contribution in [0.4, 0.5) is 18.9 Å². The Balaban J connectivity index is 0.000000234. The van der Waals surface area contributed by atoms with Crippen molar-refractivity contribution in [3.05, 3.63) is 352 Å². The zero-order valence-electron chi connectivity index (χ0n) is 77.4. The quantitative estimate of drug-likeness (QED) is 0.00822. The minimum atomic E-state index is -4.58. The number of nitrogens with zero attached hydrogens (tertiary/aromatic N) is 7. The molecule has 0 unspecified atom stereocenters. The molecule has 5 atom stereocenters. The lowest BCUT2D eigenvalue weighted by molar-refractivity contribution is -0.137. The van der Waals surface area contributed by atoms with E-state index in [9.17, 15) is 68.2 Å². The minimum Gasteiger partial charge on any atom is -0.493 e. The number of amides is 5. The van der Waals surface area contributed by atoms with E-state index in [0.717, 1.165) is 122 Å². The Morgan fingerprint density at radius 3 is 1.05 bits per heavy atom. The number of benzene rings is 9. The molecule has 2 heterocycles. The van der Waals surface area contributed by atoms with Crippen LogP contribution in [0.25, 0.3) is 30.4 Å². The number of hydrogen-bond acceptors (Lipinski definition) is 16. The van der Waals surface area contributed by atoms with Gasteiger partial charge in [0.15, 0.2) is 11.5 Å². The monoisotopic (exact) mass is 1970 g/mol. The molecule has 28 heteroatoms. The van der Waals surface area contributed by atoms with E-state index in [-0.39, 0.29) is 97.7 Å². The predicted octanol–water partition coefficient (Wildman–Crippen LogP) is 25.3. The molecule has 11 rings (SSSR count). The maximum atomic E-state index is 12.9. The molecule has 9 aromatic carbocycles. The van der Waals surface area contributed by atoms with Gasteiger partial charge < -0.3 is 45.7 Å². The summed E-state index contributed by atoms with van der Waals surface area (Å²) in [5.74, 6) is -2.17. The van der Waals surface area contributed by atoms with Gasteiger partial charge in [-0.1, -0.05) is 277 Å². The number of carbonyl (C=O) groups excluding carboxylic acids is 6. The molecular formula is C109H109BrCl3F3N12O9. The van der Waals surface area contributed by atoms with Crippen LogP contribution in [0, 0.1) is 56.7 Å². The largest absolute Gasteiger partial charge is 0.493 e. The average Bonchev–Trinajstić information content (AvgIpc) is 0.820. The summed E-state index contributed by atoms with van der Waals surface area (Å²) in [6.07, 6.45) is 14.7. The van der Waals surface area contributed by atoms with Gasteiger partial charge in [-0.05, 0) is 214 Å². The Morgan fingerprint density at radius 1 is 0.409 bits per heavy atom. The number of pyridine rings is 1. The Labute approximate surface area is 823 Å². The molecule has 5 N–H and O–H groups in total. The van der Waals surface area contributed by atoms with Crippen LogP contribution in [0.2, 0.25) is 15.1 Å². The van der Waals surface area contributed by atoms with Crippen LogP contribution >= 0.6 is 50.7 Å². The number of alkyl halides is 3. The van der Waals surface area contributed by atoms with Gasteiger partial charge >= 0.3 is 12.1 Å². The number of esters is 1. The fourth-order valence-corrected chi connectivity index (χ4v) is 15.3.